The lowest BCUT2D eigenvalue weighted by atomic mass is 10.0. The molecule has 2 aliphatic rings. The molecule has 2 fully saturated rings. The van der Waals surface area contributed by atoms with E-state index in [4.69, 9.17) is 4.74 Å². The molecule has 156 valence electrons. The highest BCUT2D eigenvalue weighted by Crippen LogP contribution is 2.24. The van der Waals surface area contributed by atoms with Crippen molar-refractivity contribution < 1.29 is 14.3 Å². The fourth-order valence-corrected chi connectivity index (χ4v) is 4.82. The van der Waals surface area contributed by atoms with Crippen LogP contribution >= 0.6 is 11.3 Å². The molecule has 0 aromatic carbocycles. The topological polar surface area (TPSA) is 56.3 Å². The van der Waals surface area contributed by atoms with Gasteiger partial charge in [0.1, 0.15) is 0 Å². The molecule has 28 heavy (non-hydrogen) atoms. The van der Waals surface area contributed by atoms with E-state index in [-0.39, 0.29) is 11.9 Å². The van der Waals surface area contributed by atoms with Crippen LogP contribution in [0.1, 0.15) is 28.9 Å². The Bertz CT molecular complexity index is 646. The second kappa shape index (κ2) is 9.71. The fraction of sp³-hybridized carbons (Fsp3) is 0.700. The minimum Gasteiger partial charge on any atom is -0.381 e. The Morgan fingerprint density at radius 2 is 1.89 bits per heavy atom. The van der Waals surface area contributed by atoms with Crippen molar-refractivity contribution in [1.29, 1.82) is 0 Å². The molecule has 3 amide bonds. The maximum Gasteiger partial charge on any atom is 0.319 e. The van der Waals surface area contributed by atoms with Crippen molar-refractivity contribution in [2.75, 3.05) is 60.5 Å². The highest BCUT2D eigenvalue weighted by molar-refractivity contribution is 7.12. The van der Waals surface area contributed by atoms with Gasteiger partial charge >= 0.3 is 6.03 Å². The van der Waals surface area contributed by atoms with Gasteiger partial charge in [0.05, 0.1) is 4.88 Å². The zero-order valence-corrected chi connectivity index (χ0v) is 18.0. The van der Waals surface area contributed by atoms with E-state index < -0.39 is 0 Å². The number of hydrogen-bond acceptors (Lipinski definition) is 5. The zero-order chi connectivity index (χ0) is 20.1. The molecule has 0 aliphatic carbocycles. The standard InChI is InChI=1S/C20H32N4O3S/c1-21(2)20(26)23-9-6-17(15-23)24(16-7-12-27-13-8-16)11-10-22(3)19(25)18-5-4-14-28-18/h4-5,14,16-17H,6-13,15H2,1-3H3. The smallest absolute Gasteiger partial charge is 0.319 e. The van der Waals surface area contributed by atoms with Crippen LogP contribution in [0, 0.1) is 0 Å². The first kappa shape index (κ1) is 21.1. The summed E-state index contributed by atoms with van der Waals surface area (Å²) in [6.45, 7) is 4.65. The van der Waals surface area contributed by atoms with E-state index in [0.717, 1.165) is 57.0 Å². The number of thiophene rings is 1. The van der Waals surface area contributed by atoms with Crippen molar-refractivity contribution in [2.24, 2.45) is 0 Å². The van der Waals surface area contributed by atoms with Crippen LogP contribution in [0.25, 0.3) is 0 Å². The predicted molar refractivity (Wildman–Crippen MR) is 111 cm³/mol. The Hall–Kier alpha value is -1.64. The van der Waals surface area contributed by atoms with Crippen molar-refractivity contribution >= 4 is 23.3 Å². The second-order valence-electron chi connectivity index (χ2n) is 7.85. The summed E-state index contributed by atoms with van der Waals surface area (Å²) in [7, 11) is 5.48. The molecule has 0 spiro atoms. The quantitative estimate of drug-likeness (QED) is 0.723. The zero-order valence-electron chi connectivity index (χ0n) is 17.2. The highest BCUT2D eigenvalue weighted by atomic mass is 32.1. The van der Waals surface area contributed by atoms with Gasteiger partial charge in [0, 0.05) is 72.6 Å². The summed E-state index contributed by atoms with van der Waals surface area (Å²) in [6, 6.07) is 4.67. The maximum atomic E-state index is 12.6. The number of likely N-dealkylation sites (tertiary alicyclic amines) is 1. The van der Waals surface area contributed by atoms with Gasteiger partial charge in [0.15, 0.2) is 0 Å². The lowest BCUT2D eigenvalue weighted by Gasteiger charge is -2.39. The molecular formula is C20H32N4O3S. The van der Waals surface area contributed by atoms with Crippen LogP contribution in [-0.2, 0) is 4.74 Å². The number of urea groups is 1. The average Bonchev–Trinajstić information content (AvgIpc) is 3.40. The summed E-state index contributed by atoms with van der Waals surface area (Å²) in [6.07, 6.45) is 3.01. The summed E-state index contributed by atoms with van der Waals surface area (Å²) in [5, 5.41) is 1.93. The molecule has 0 radical (unpaired) electrons. The number of rotatable bonds is 6. The Balaban J connectivity index is 1.62. The molecule has 0 bridgehead atoms. The molecule has 7 nitrogen and oxygen atoms in total. The van der Waals surface area contributed by atoms with E-state index in [1.807, 2.05) is 34.4 Å². The van der Waals surface area contributed by atoms with Crippen LogP contribution in [0.2, 0.25) is 0 Å². The molecule has 1 unspecified atom stereocenters. The predicted octanol–water partition coefficient (Wildman–Crippen LogP) is 2.06. The molecule has 3 rings (SSSR count). The van der Waals surface area contributed by atoms with Crippen LogP contribution in [0.4, 0.5) is 4.79 Å². The summed E-state index contributed by atoms with van der Waals surface area (Å²) in [5.41, 5.74) is 0. The summed E-state index contributed by atoms with van der Waals surface area (Å²) in [5.74, 6) is 0.0813. The Morgan fingerprint density at radius 1 is 1.14 bits per heavy atom. The Labute approximate surface area is 171 Å². The third kappa shape index (κ3) is 5.04. The number of ether oxygens (including phenoxy) is 1. The molecular weight excluding hydrogens is 376 g/mol. The van der Waals surface area contributed by atoms with Crippen LogP contribution < -0.4 is 0 Å². The van der Waals surface area contributed by atoms with Gasteiger partial charge in [-0.15, -0.1) is 11.3 Å². The molecule has 1 atom stereocenters. The molecule has 0 saturated carbocycles. The van der Waals surface area contributed by atoms with Crippen LogP contribution in [0.3, 0.4) is 0 Å². The second-order valence-corrected chi connectivity index (χ2v) is 8.80. The van der Waals surface area contributed by atoms with Gasteiger partial charge in [-0.05, 0) is 30.7 Å². The third-order valence-corrected chi connectivity index (χ3v) is 6.58. The first-order chi connectivity index (χ1) is 13.5. The van der Waals surface area contributed by atoms with E-state index in [2.05, 4.69) is 4.90 Å². The molecule has 0 N–H and O–H groups in total. The first-order valence-corrected chi connectivity index (χ1v) is 10.9. The van der Waals surface area contributed by atoms with Gasteiger partial charge in [-0.2, -0.15) is 0 Å². The van der Waals surface area contributed by atoms with E-state index in [9.17, 15) is 9.59 Å². The number of carbonyl (C=O) groups excluding carboxylic acids is 2. The van der Waals surface area contributed by atoms with Gasteiger partial charge < -0.3 is 19.4 Å². The lowest BCUT2D eigenvalue weighted by Crippen LogP contribution is -2.50. The minimum absolute atomic E-state index is 0.0813. The van der Waals surface area contributed by atoms with Crippen LogP contribution in [0.5, 0.6) is 0 Å². The van der Waals surface area contributed by atoms with Gasteiger partial charge in [0.2, 0.25) is 0 Å². The van der Waals surface area contributed by atoms with Crippen molar-refractivity contribution in [3.05, 3.63) is 22.4 Å². The third-order valence-electron chi connectivity index (χ3n) is 5.72. The monoisotopic (exact) mass is 408 g/mol. The van der Waals surface area contributed by atoms with Gasteiger partial charge in [-0.1, -0.05) is 6.07 Å². The number of likely N-dealkylation sites (N-methyl/N-ethyl adjacent to an activating group) is 1. The largest absolute Gasteiger partial charge is 0.381 e. The van der Waals surface area contributed by atoms with E-state index in [1.165, 1.54) is 11.3 Å². The number of carbonyl (C=O) groups is 2. The molecule has 3 heterocycles. The SMILES string of the molecule is CN(C)C(=O)N1CCC(N(CCN(C)C(=O)c2cccs2)C2CCOCC2)C1. The van der Waals surface area contributed by atoms with Crippen molar-refractivity contribution in [1.82, 2.24) is 19.6 Å². The van der Waals surface area contributed by atoms with E-state index in [0.29, 0.717) is 18.6 Å². The minimum atomic E-state index is 0.0813. The van der Waals surface area contributed by atoms with Gasteiger partial charge in [-0.25, -0.2) is 4.79 Å². The maximum absolute atomic E-state index is 12.6. The summed E-state index contributed by atoms with van der Waals surface area (Å²) < 4.78 is 5.56. The number of amides is 3. The molecule has 2 saturated heterocycles. The van der Waals surface area contributed by atoms with Crippen molar-refractivity contribution in [3.8, 4) is 0 Å². The summed E-state index contributed by atoms with van der Waals surface area (Å²) in [4.78, 5) is 33.6. The van der Waals surface area contributed by atoms with E-state index in [1.54, 1.807) is 19.0 Å². The average molecular weight is 409 g/mol. The lowest BCUT2D eigenvalue weighted by molar-refractivity contribution is 0.0152. The Kier molecular flexibility index (Phi) is 7.31. The van der Waals surface area contributed by atoms with Gasteiger partial charge in [0.25, 0.3) is 5.91 Å². The number of nitrogens with zero attached hydrogens (tertiary/aromatic N) is 4. The normalized spacial score (nSPS) is 20.6. The summed E-state index contributed by atoms with van der Waals surface area (Å²) >= 11 is 1.48. The fourth-order valence-electron chi connectivity index (χ4n) is 4.10. The Morgan fingerprint density at radius 3 is 2.54 bits per heavy atom. The van der Waals surface area contributed by atoms with Crippen LogP contribution in [-0.4, -0.2) is 104 Å². The van der Waals surface area contributed by atoms with Gasteiger partial charge in [-0.3, -0.25) is 9.69 Å². The van der Waals surface area contributed by atoms with E-state index >= 15 is 0 Å². The molecule has 1 aromatic heterocycles. The molecule has 1 aromatic rings. The first-order valence-electron chi connectivity index (χ1n) is 10.1. The molecule has 8 heteroatoms. The van der Waals surface area contributed by atoms with Crippen molar-refractivity contribution in [3.63, 3.8) is 0 Å². The highest BCUT2D eigenvalue weighted by Gasteiger charge is 2.35. The van der Waals surface area contributed by atoms with Crippen molar-refractivity contribution in [2.45, 2.75) is 31.3 Å². The van der Waals surface area contributed by atoms with Crippen LogP contribution in [0.15, 0.2) is 17.5 Å². The number of hydrogen-bond donors (Lipinski definition) is 0. The molecule has 2 aliphatic heterocycles.